The van der Waals surface area contributed by atoms with Gasteiger partial charge in [-0.25, -0.2) is 4.68 Å². The third kappa shape index (κ3) is 2.07. The van der Waals surface area contributed by atoms with Crippen molar-refractivity contribution >= 4 is 17.3 Å². The Morgan fingerprint density at radius 2 is 2.00 bits per heavy atom. The number of rotatable bonds is 3. The molecule has 98 valence electrons. The Bertz CT molecular complexity index is 485. The van der Waals surface area contributed by atoms with Gasteiger partial charge in [-0.05, 0) is 6.42 Å². The second-order valence-electron chi connectivity index (χ2n) is 4.38. The number of aryl methyl sites for hydroxylation is 2. The van der Waals surface area contributed by atoms with E-state index in [4.69, 9.17) is 0 Å². The lowest BCUT2D eigenvalue weighted by Gasteiger charge is -2.26. The van der Waals surface area contributed by atoms with Gasteiger partial charge in [-0.2, -0.15) is 5.10 Å². The average molecular weight is 252 g/mol. The van der Waals surface area contributed by atoms with Crippen molar-refractivity contribution in [2.75, 3.05) is 18.0 Å². The number of anilines is 1. The molecule has 0 spiro atoms. The van der Waals surface area contributed by atoms with Crippen LogP contribution in [0.5, 0.6) is 0 Å². The van der Waals surface area contributed by atoms with Crippen molar-refractivity contribution in [2.24, 2.45) is 7.05 Å². The monoisotopic (exact) mass is 252 g/mol. The minimum atomic E-state index is -0.377. The van der Waals surface area contributed by atoms with Crippen molar-refractivity contribution in [1.29, 1.82) is 0 Å². The summed E-state index contributed by atoms with van der Waals surface area (Å²) >= 11 is 0. The molecule has 1 aromatic rings. The van der Waals surface area contributed by atoms with Gasteiger partial charge in [0.2, 0.25) is 5.82 Å². The molecule has 0 saturated carbocycles. The van der Waals surface area contributed by atoms with Crippen LogP contribution in [0.3, 0.4) is 0 Å². The fraction of sp³-hybridized carbons (Fsp3) is 0.636. The molecule has 0 amide bonds. The molecule has 0 unspecified atom stereocenters. The molecule has 7 heteroatoms. The van der Waals surface area contributed by atoms with E-state index < -0.39 is 0 Å². The number of ketones is 1. The van der Waals surface area contributed by atoms with E-state index in [0.717, 1.165) is 0 Å². The summed E-state index contributed by atoms with van der Waals surface area (Å²) < 4.78 is 1.55. The van der Waals surface area contributed by atoms with E-state index in [1.807, 2.05) is 11.8 Å². The molecule has 0 bridgehead atoms. The lowest BCUT2D eigenvalue weighted by atomic mass is 10.1. The summed E-state index contributed by atoms with van der Waals surface area (Å²) in [6.45, 7) is 2.91. The Morgan fingerprint density at radius 3 is 2.50 bits per heavy atom. The maximum atomic E-state index is 11.2. The summed E-state index contributed by atoms with van der Waals surface area (Å²) in [4.78, 5) is 23.9. The highest BCUT2D eigenvalue weighted by atomic mass is 16.6. The van der Waals surface area contributed by atoms with Crippen molar-refractivity contribution in [2.45, 2.75) is 26.2 Å². The van der Waals surface area contributed by atoms with Crippen molar-refractivity contribution in [3.05, 3.63) is 15.8 Å². The largest absolute Gasteiger partial charge is 0.350 e. The van der Waals surface area contributed by atoms with Crippen LogP contribution in [-0.4, -0.2) is 33.6 Å². The number of nitrogens with zero attached hydrogens (tertiary/aromatic N) is 4. The molecule has 1 fully saturated rings. The Hall–Kier alpha value is -1.92. The second kappa shape index (κ2) is 4.75. The number of Topliss-reactive ketones (excluding diaryl/α,β-unsaturated/α-hetero) is 1. The molecule has 1 saturated heterocycles. The van der Waals surface area contributed by atoms with E-state index in [0.29, 0.717) is 43.9 Å². The quantitative estimate of drug-likeness (QED) is 0.593. The molecule has 0 N–H and O–H groups in total. The fourth-order valence-electron chi connectivity index (χ4n) is 2.31. The smallest absolute Gasteiger partial charge is 0.334 e. The number of carbonyl (C=O) groups excluding carboxylic acids is 1. The van der Waals surface area contributed by atoms with Gasteiger partial charge in [0, 0.05) is 33.0 Å². The normalized spacial score (nSPS) is 16.1. The van der Waals surface area contributed by atoms with Crippen LogP contribution in [0.25, 0.3) is 0 Å². The molecule has 1 aliphatic rings. The van der Waals surface area contributed by atoms with Gasteiger partial charge in [0.25, 0.3) is 0 Å². The summed E-state index contributed by atoms with van der Waals surface area (Å²) in [5.41, 5.74) is 0.573. The van der Waals surface area contributed by atoms with Crippen LogP contribution in [0.1, 0.15) is 25.5 Å². The summed E-state index contributed by atoms with van der Waals surface area (Å²) in [7, 11) is 1.71. The molecule has 7 nitrogen and oxygen atoms in total. The standard InChI is InChI=1S/C11H16N4O3/c1-3-9-10(15(17)18)11(13(2)12-9)14-6-4-8(16)5-7-14/h3-7H2,1-2H3. The molecule has 18 heavy (non-hydrogen) atoms. The molecule has 0 atom stereocenters. The highest BCUT2D eigenvalue weighted by molar-refractivity contribution is 5.81. The maximum absolute atomic E-state index is 11.2. The predicted octanol–water partition coefficient (Wildman–Crippen LogP) is 1.06. The topological polar surface area (TPSA) is 81.3 Å². The summed E-state index contributed by atoms with van der Waals surface area (Å²) in [5, 5.41) is 15.4. The zero-order valence-corrected chi connectivity index (χ0v) is 10.5. The number of hydrogen-bond donors (Lipinski definition) is 0. The number of carbonyl (C=O) groups is 1. The molecular formula is C11H16N4O3. The summed E-state index contributed by atoms with van der Waals surface area (Å²) in [5.74, 6) is 0.733. The van der Waals surface area contributed by atoms with Gasteiger partial charge in [0.1, 0.15) is 11.5 Å². The van der Waals surface area contributed by atoms with Crippen molar-refractivity contribution < 1.29 is 9.72 Å². The third-order valence-corrected chi connectivity index (χ3v) is 3.20. The first-order chi connectivity index (χ1) is 8.54. The SMILES string of the molecule is CCc1nn(C)c(N2CCC(=O)CC2)c1[N+](=O)[O-]. The molecule has 0 radical (unpaired) electrons. The summed E-state index contributed by atoms with van der Waals surface area (Å²) in [6, 6.07) is 0. The highest BCUT2D eigenvalue weighted by Crippen LogP contribution is 2.32. The number of piperidine rings is 1. The molecule has 1 aliphatic heterocycles. The fourth-order valence-corrected chi connectivity index (χ4v) is 2.31. The molecule has 2 heterocycles. The lowest BCUT2D eigenvalue weighted by Crippen LogP contribution is -2.35. The molecule has 2 rings (SSSR count). The number of aromatic nitrogens is 2. The van der Waals surface area contributed by atoms with Crippen LogP contribution in [0, 0.1) is 10.1 Å². The number of hydrogen-bond acceptors (Lipinski definition) is 5. The van der Waals surface area contributed by atoms with E-state index in [-0.39, 0.29) is 16.4 Å². The molecule has 0 aromatic carbocycles. The second-order valence-corrected chi connectivity index (χ2v) is 4.38. The highest BCUT2D eigenvalue weighted by Gasteiger charge is 2.31. The van der Waals surface area contributed by atoms with Crippen molar-refractivity contribution in [1.82, 2.24) is 9.78 Å². The van der Waals surface area contributed by atoms with E-state index in [2.05, 4.69) is 5.10 Å². The zero-order chi connectivity index (χ0) is 13.3. The first-order valence-corrected chi connectivity index (χ1v) is 6.01. The lowest BCUT2D eigenvalue weighted by molar-refractivity contribution is -0.384. The van der Waals surface area contributed by atoms with E-state index in [9.17, 15) is 14.9 Å². The van der Waals surface area contributed by atoms with E-state index in [1.54, 1.807) is 11.7 Å². The van der Waals surface area contributed by atoms with Crippen molar-refractivity contribution in [3.8, 4) is 0 Å². The van der Waals surface area contributed by atoms with Crippen molar-refractivity contribution in [3.63, 3.8) is 0 Å². The van der Waals surface area contributed by atoms with Gasteiger partial charge >= 0.3 is 5.69 Å². The Balaban J connectivity index is 2.40. The Morgan fingerprint density at radius 1 is 1.39 bits per heavy atom. The summed E-state index contributed by atoms with van der Waals surface area (Å²) in [6.07, 6.45) is 1.42. The zero-order valence-electron chi connectivity index (χ0n) is 10.5. The first kappa shape index (κ1) is 12.5. The molecule has 0 aliphatic carbocycles. The van der Waals surface area contributed by atoms with Gasteiger partial charge in [-0.3, -0.25) is 14.9 Å². The minimum Gasteiger partial charge on any atom is -0.350 e. The average Bonchev–Trinajstić information content (AvgIpc) is 2.67. The molecule has 1 aromatic heterocycles. The predicted molar refractivity (Wildman–Crippen MR) is 65.7 cm³/mol. The van der Waals surface area contributed by atoms with Gasteiger partial charge in [-0.15, -0.1) is 0 Å². The van der Waals surface area contributed by atoms with E-state index in [1.165, 1.54) is 0 Å². The van der Waals surface area contributed by atoms with Gasteiger partial charge in [-0.1, -0.05) is 6.92 Å². The van der Waals surface area contributed by atoms with Gasteiger partial charge in [0.05, 0.1) is 4.92 Å². The Kier molecular flexibility index (Phi) is 3.31. The van der Waals surface area contributed by atoms with Crippen LogP contribution in [0.2, 0.25) is 0 Å². The van der Waals surface area contributed by atoms with Crippen LogP contribution in [-0.2, 0) is 18.3 Å². The van der Waals surface area contributed by atoms with Crippen LogP contribution >= 0.6 is 0 Å². The minimum absolute atomic E-state index is 0.0781. The van der Waals surface area contributed by atoms with Gasteiger partial charge in [0.15, 0.2) is 0 Å². The first-order valence-electron chi connectivity index (χ1n) is 6.01. The maximum Gasteiger partial charge on any atom is 0.334 e. The van der Waals surface area contributed by atoms with Crippen LogP contribution < -0.4 is 4.90 Å². The van der Waals surface area contributed by atoms with Gasteiger partial charge < -0.3 is 4.90 Å². The third-order valence-electron chi connectivity index (χ3n) is 3.20. The molecular weight excluding hydrogens is 236 g/mol. The van der Waals surface area contributed by atoms with E-state index >= 15 is 0 Å². The van der Waals surface area contributed by atoms with Crippen LogP contribution in [0.4, 0.5) is 11.5 Å². The van der Waals surface area contributed by atoms with Crippen LogP contribution in [0.15, 0.2) is 0 Å². The number of nitro groups is 1. The Labute approximate surface area is 105 Å².